The van der Waals surface area contributed by atoms with Crippen LogP contribution in [0.15, 0.2) is 61.2 Å². The zero-order chi connectivity index (χ0) is 20.4. The number of carbonyl (C=O) groups excluding carboxylic acids is 2. The lowest BCUT2D eigenvalue weighted by Gasteiger charge is -2.37. The largest absolute Gasteiger partial charge is 0.468 e. The van der Waals surface area contributed by atoms with E-state index in [0.717, 1.165) is 0 Å². The molecule has 2 aromatic rings. The number of methoxy groups -OCH3 is 1. The summed E-state index contributed by atoms with van der Waals surface area (Å²) in [5.74, 6) is -0.252. The van der Waals surface area contributed by atoms with Crippen LogP contribution in [-0.4, -0.2) is 43.8 Å². The van der Waals surface area contributed by atoms with Crippen molar-refractivity contribution in [3.63, 3.8) is 0 Å². The second-order valence-corrected chi connectivity index (χ2v) is 7.64. The van der Waals surface area contributed by atoms with E-state index in [9.17, 15) is 9.59 Å². The summed E-state index contributed by atoms with van der Waals surface area (Å²) in [6, 6.07) is 16.5. The van der Waals surface area contributed by atoms with Gasteiger partial charge in [-0.1, -0.05) is 54.6 Å². The molecule has 0 N–H and O–H groups in total. The molecule has 2 aliphatic rings. The summed E-state index contributed by atoms with van der Waals surface area (Å²) in [4.78, 5) is 26.4. The predicted molar refractivity (Wildman–Crippen MR) is 111 cm³/mol. The molecule has 0 radical (unpaired) electrons. The minimum Gasteiger partial charge on any atom is -0.468 e. The van der Waals surface area contributed by atoms with Gasteiger partial charge in [0.15, 0.2) is 0 Å². The van der Waals surface area contributed by atoms with Crippen molar-refractivity contribution in [1.82, 2.24) is 4.90 Å². The molecule has 29 heavy (non-hydrogen) atoms. The van der Waals surface area contributed by atoms with E-state index in [1.165, 1.54) is 29.4 Å². The van der Waals surface area contributed by atoms with Crippen molar-refractivity contribution in [3.05, 3.63) is 72.3 Å². The van der Waals surface area contributed by atoms with Crippen LogP contribution in [-0.2, 0) is 14.3 Å². The smallest absolute Gasteiger partial charge is 0.409 e. The maximum atomic E-state index is 12.7. The highest BCUT2D eigenvalue weighted by molar-refractivity contribution is 5.80. The number of likely N-dealkylation sites (tertiary alicyclic amines) is 1. The Morgan fingerprint density at radius 2 is 1.62 bits per heavy atom. The maximum Gasteiger partial charge on any atom is 0.409 e. The third-order valence-corrected chi connectivity index (χ3v) is 6.23. The van der Waals surface area contributed by atoms with Gasteiger partial charge in [0.05, 0.1) is 12.5 Å². The molecule has 1 aliphatic heterocycles. The Labute approximate surface area is 170 Å². The number of fused-ring (bicyclic) bond motifs is 3. The van der Waals surface area contributed by atoms with Crippen LogP contribution in [0.4, 0.5) is 4.79 Å². The number of hydrogen-bond acceptors (Lipinski definition) is 4. The predicted octanol–water partition coefficient (Wildman–Crippen LogP) is 4.38. The monoisotopic (exact) mass is 391 g/mol. The second-order valence-electron chi connectivity index (χ2n) is 7.64. The van der Waals surface area contributed by atoms with Gasteiger partial charge in [0.2, 0.25) is 0 Å². The molecule has 4 rings (SSSR count). The molecule has 2 aromatic carbocycles. The van der Waals surface area contributed by atoms with E-state index in [2.05, 4.69) is 30.8 Å². The molecule has 0 spiro atoms. The number of amides is 1. The van der Waals surface area contributed by atoms with Gasteiger partial charge < -0.3 is 14.4 Å². The number of carbonyl (C=O) groups is 2. The zero-order valence-corrected chi connectivity index (χ0v) is 16.6. The molecule has 5 nitrogen and oxygen atoms in total. The van der Waals surface area contributed by atoms with Crippen LogP contribution in [0.5, 0.6) is 0 Å². The van der Waals surface area contributed by atoms with Gasteiger partial charge in [0.25, 0.3) is 0 Å². The Bertz CT molecular complexity index is 898. The SMILES string of the molecule is C=CC1(C(=O)OC)CCN(C(=O)OCC2c3ccccc3-c3ccccc32)CC1. The van der Waals surface area contributed by atoms with Crippen molar-refractivity contribution < 1.29 is 19.1 Å². The van der Waals surface area contributed by atoms with Crippen LogP contribution in [0.2, 0.25) is 0 Å². The fourth-order valence-electron chi connectivity index (χ4n) is 4.47. The van der Waals surface area contributed by atoms with Gasteiger partial charge in [-0.15, -0.1) is 6.58 Å². The van der Waals surface area contributed by atoms with E-state index in [0.29, 0.717) is 32.5 Å². The molecule has 5 heteroatoms. The molecule has 1 fully saturated rings. The average molecular weight is 391 g/mol. The van der Waals surface area contributed by atoms with E-state index in [4.69, 9.17) is 9.47 Å². The summed E-state index contributed by atoms with van der Waals surface area (Å²) in [5.41, 5.74) is 4.08. The molecule has 0 aromatic heterocycles. The van der Waals surface area contributed by atoms with Crippen LogP contribution in [0, 0.1) is 5.41 Å². The van der Waals surface area contributed by atoms with Crippen LogP contribution in [0.25, 0.3) is 11.1 Å². The Balaban J connectivity index is 1.42. The van der Waals surface area contributed by atoms with Gasteiger partial charge in [0.1, 0.15) is 6.61 Å². The first-order valence-corrected chi connectivity index (χ1v) is 9.91. The van der Waals surface area contributed by atoms with Crippen molar-refractivity contribution in [2.75, 3.05) is 26.8 Å². The molecule has 150 valence electrons. The summed E-state index contributed by atoms with van der Waals surface area (Å²) in [7, 11) is 1.38. The van der Waals surface area contributed by atoms with Crippen LogP contribution >= 0.6 is 0 Å². The molecule has 1 saturated heterocycles. The Hall–Kier alpha value is -3.08. The van der Waals surface area contributed by atoms with Crippen LogP contribution in [0.1, 0.15) is 29.9 Å². The quantitative estimate of drug-likeness (QED) is 0.573. The molecular weight excluding hydrogens is 366 g/mol. The summed E-state index contributed by atoms with van der Waals surface area (Å²) >= 11 is 0. The Morgan fingerprint density at radius 3 is 2.14 bits per heavy atom. The Morgan fingerprint density at radius 1 is 1.07 bits per heavy atom. The third-order valence-electron chi connectivity index (χ3n) is 6.23. The third kappa shape index (κ3) is 3.31. The number of hydrogen-bond donors (Lipinski definition) is 0. The maximum absolute atomic E-state index is 12.7. The van der Waals surface area contributed by atoms with Gasteiger partial charge in [-0.3, -0.25) is 4.79 Å². The molecule has 0 atom stereocenters. The Kier molecular flexibility index (Phi) is 5.14. The lowest BCUT2D eigenvalue weighted by Crippen LogP contribution is -2.46. The number of piperidine rings is 1. The average Bonchev–Trinajstić information content (AvgIpc) is 3.10. The van der Waals surface area contributed by atoms with Gasteiger partial charge in [-0.25, -0.2) is 4.79 Å². The normalized spacial score (nSPS) is 17.2. The molecule has 1 aliphatic carbocycles. The lowest BCUT2D eigenvalue weighted by molar-refractivity contribution is -0.152. The van der Waals surface area contributed by atoms with Crippen molar-refractivity contribution in [2.45, 2.75) is 18.8 Å². The molecule has 0 saturated carbocycles. The minimum absolute atomic E-state index is 0.0403. The standard InChI is InChI=1S/C24H25NO4/c1-3-24(22(26)28-2)12-14-25(15-13-24)23(27)29-16-21-19-10-6-4-8-17(19)18-9-5-7-11-20(18)21/h3-11,21H,1,12-16H2,2H3. The first kappa shape index (κ1) is 19.2. The molecule has 1 heterocycles. The minimum atomic E-state index is -0.713. The molecule has 1 amide bonds. The summed E-state index contributed by atoms with van der Waals surface area (Å²) in [5, 5.41) is 0. The van der Waals surface area contributed by atoms with Crippen LogP contribution < -0.4 is 0 Å². The van der Waals surface area contributed by atoms with Crippen molar-refractivity contribution in [2.24, 2.45) is 5.41 Å². The van der Waals surface area contributed by atoms with Crippen molar-refractivity contribution >= 4 is 12.1 Å². The summed E-state index contributed by atoms with van der Waals surface area (Å²) in [6.45, 7) is 4.97. The van der Waals surface area contributed by atoms with Crippen molar-refractivity contribution in [3.8, 4) is 11.1 Å². The fourth-order valence-corrected chi connectivity index (χ4v) is 4.47. The fraction of sp³-hybridized carbons (Fsp3) is 0.333. The first-order valence-electron chi connectivity index (χ1n) is 9.91. The van der Waals surface area contributed by atoms with Crippen LogP contribution in [0.3, 0.4) is 0 Å². The highest BCUT2D eigenvalue weighted by Crippen LogP contribution is 2.44. The first-order chi connectivity index (χ1) is 14.1. The van der Waals surface area contributed by atoms with Gasteiger partial charge >= 0.3 is 12.1 Å². The number of nitrogens with zero attached hydrogens (tertiary/aromatic N) is 1. The number of rotatable bonds is 4. The summed E-state index contributed by atoms with van der Waals surface area (Å²) in [6.07, 6.45) is 2.30. The number of benzene rings is 2. The van der Waals surface area contributed by atoms with E-state index in [1.54, 1.807) is 11.0 Å². The van der Waals surface area contributed by atoms with Crippen molar-refractivity contribution in [1.29, 1.82) is 0 Å². The van der Waals surface area contributed by atoms with E-state index in [-0.39, 0.29) is 18.0 Å². The highest BCUT2D eigenvalue weighted by Gasteiger charge is 2.41. The van der Waals surface area contributed by atoms with E-state index >= 15 is 0 Å². The van der Waals surface area contributed by atoms with Gasteiger partial charge in [-0.05, 0) is 35.1 Å². The summed E-state index contributed by atoms with van der Waals surface area (Å²) < 4.78 is 10.6. The molecule has 0 bridgehead atoms. The number of esters is 1. The zero-order valence-electron chi connectivity index (χ0n) is 16.6. The molecular formula is C24H25NO4. The number of ether oxygens (including phenoxy) is 2. The molecule has 0 unspecified atom stereocenters. The van der Waals surface area contributed by atoms with Gasteiger partial charge in [-0.2, -0.15) is 0 Å². The second kappa shape index (κ2) is 7.74. The lowest BCUT2D eigenvalue weighted by atomic mass is 9.78. The van der Waals surface area contributed by atoms with E-state index < -0.39 is 5.41 Å². The topological polar surface area (TPSA) is 55.8 Å². The highest BCUT2D eigenvalue weighted by atomic mass is 16.6. The van der Waals surface area contributed by atoms with Gasteiger partial charge in [0, 0.05) is 19.0 Å². The van der Waals surface area contributed by atoms with E-state index in [1.807, 2.05) is 24.3 Å².